The molecule has 1 N–H and O–H groups in total. The van der Waals surface area contributed by atoms with E-state index < -0.39 is 8.07 Å². The lowest BCUT2D eigenvalue weighted by Gasteiger charge is -2.44. The van der Waals surface area contributed by atoms with Gasteiger partial charge in [0.15, 0.2) is 0 Å². The zero-order valence-electron chi connectivity index (χ0n) is 18.5. The fourth-order valence-corrected chi connectivity index (χ4v) is 4.44. The van der Waals surface area contributed by atoms with Gasteiger partial charge in [-0.2, -0.15) is 0 Å². The minimum atomic E-state index is -1.33. The molecule has 0 aliphatic carbocycles. The Balaban J connectivity index is 2.09. The summed E-state index contributed by atoms with van der Waals surface area (Å²) in [4.78, 5) is 15.0. The van der Waals surface area contributed by atoms with Crippen molar-refractivity contribution in [1.82, 2.24) is 0 Å². The lowest BCUT2D eigenvalue weighted by atomic mass is 9.86. The number of rotatable bonds is 5. The molecule has 1 fully saturated rings. The molecule has 2 aromatic carbocycles. The number of ether oxygens (including phenoxy) is 1. The number of aryl methyl sites for hydroxylation is 2. The van der Waals surface area contributed by atoms with Crippen LogP contribution in [-0.2, 0) is 4.79 Å². The van der Waals surface area contributed by atoms with E-state index in [1.54, 1.807) is 13.2 Å². The summed E-state index contributed by atoms with van der Waals surface area (Å²) >= 11 is 0. The summed E-state index contributed by atoms with van der Waals surface area (Å²) in [6.07, 6.45) is 2.12. The van der Waals surface area contributed by atoms with Crippen molar-refractivity contribution >= 4 is 19.7 Å². The molecule has 1 amide bonds. The van der Waals surface area contributed by atoms with Crippen molar-refractivity contribution < 1.29 is 14.6 Å². The highest BCUT2D eigenvalue weighted by Gasteiger charge is 2.44. The van der Waals surface area contributed by atoms with Crippen LogP contribution in [0.5, 0.6) is 11.5 Å². The third-order valence-corrected chi connectivity index (χ3v) is 7.03. The summed E-state index contributed by atoms with van der Waals surface area (Å²) in [5.41, 5.74) is 5.54. The zero-order chi connectivity index (χ0) is 21.5. The van der Waals surface area contributed by atoms with Gasteiger partial charge in [-0.25, -0.2) is 0 Å². The van der Waals surface area contributed by atoms with E-state index in [9.17, 15) is 9.90 Å². The quantitative estimate of drug-likeness (QED) is 0.393. The average molecular weight is 410 g/mol. The Kier molecular flexibility index (Phi) is 5.63. The lowest BCUT2D eigenvalue weighted by Crippen LogP contribution is -2.49. The van der Waals surface area contributed by atoms with Gasteiger partial charge >= 0.3 is 0 Å². The molecule has 29 heavy (non-hydrogen) atoms. The normalized spacial score (nSPS) is 18.2. The predicted octanol–water partition coefficient (Wildman–Crippen LogP) is 5.68. The van der Waals surface area contributed by atoms with Crippen LogP contribution in [0.3, 0.4) is 0 Å². The third kappa shape index (κ3) is 4.10. The Morgan fingerprint density at radius 1 is 1.10 bits per heavy atom. The number of carbonyl (C=O) groups is 1. The average Bonchev–Trinajstić information content (AvgIpc) is 2.63. The molecule has 4 nitrogen and oxygen atoms in total. The summed E-state index contributed by atoms with van der Waals surface area (Å²) in [7, 11) is 0.320. The first-order valence-electron chi connectivity index (χ1n) is 10.0. The van der Waals surface area contributed by atoms with Gasteiger partial charge in [0.05, 0.1) is 13.2 Å². The zero-order valence-corrected chi connectivity index (χ0v) is 19.5. The van der Waals surface area contributed by atoms with Gasteiger partial charge in [-0.1, -0.05) is 37.8 Å². The Morgan fingerprint density at radius 3 is 2.38 bits per heavy atom. The summed E-state index contributed by atoms with van der Waals surface area (Å²) in [5, 5.41) is 10.3. The van der Waals surface area contributed by atoms with E-state index >= 15 is 0 Å². The second-order valence-corrected chi connectivity index (χ2v) is 14.7. The number of phenolic OH excluding ortho intramolecular Hbond substituents is 1. The Hall–Kier alpha value is -2.53. The van der Waals surface area contributed by atoms with E-state index in [-0.39, 0.29) is 17.7 Å². The number of carbonyl (C=O) groups excluding carboxylic acids is 1. The molecule has 0 bridgehead atoms. The number of amides is 1. The summed E-state index contributed by atoms with van der Waals surface area (Å²) in [6, 6.07) is 10.4. The van der Waals surface area contributed by atoms with E-state index in [4.69, 9.17) is 4.74 Å². The molecule has 1 aliphatic rings. The summed E-state index contributed by atoms with van der Waals surface area (Å²) in [5.74, 6) is 1.06. The SMILES string of the molecule is COc1cc(N2C(=O)C(=CC[Si](C)(C)C)[C@@H]2c2ccc(C)c(O)c2)cc(C)c1C. The Labute approximate surface area is 174 Å². The van der Waals surface area contributed by atoms with Crippen LogP contribution in [0.2, 0.25) is 25.7 Å². The number of aromatic hydroxyl groups is 1. The van der Waals surface area contributed by atoms with Gasteiger partial charge in [0.2, 0.25) is 0 Å². The first-order valence-corrected chi connectivity index (χ1v) is 13.7. The van der Waals surface area contributed by atoms with Crippen LogP contribution < -0.4 is 9.64 Å². The van der Waals surface area contributed by atoms with Crippen molar-refractivity contribution in [2.75, 3.05) is 12.0 Å². The van der Waals surface area contributed by atoms with Crippen LogP contribution in [0, 0.1) is 20.8 Å². The fraction of sp³-hybridized carbons (Fsp3) is 0.375. The van der Waals surface area contributed by atoms with Crippen molar-refractivity contribution in [1.29, 1.82) is 0 Å². The van der Waals surface area contributed by atoms with Gasteiger partial charge in [-0.05, 0) is 61.2 Å². The predicted molar refractivity (Wildman–Crippen MR) is 122 cm³/mol. The molecular weight excluding hydrogens is 378 g/mol. The summed E-state index contributed by atoms with van der Waals surface area (Å²) < 4.78 is 5.53. The van der Waals surface area contributed by atoms with Crippen LogP contribution in [-0.4, -0.2) is 26.2 Å². The highest BCUT2D eigenvalue weighted by molar-refractivity contribution is 6.76. The minimum Gasteiger partial charge on any atom is -0.508 e. The molecule has 1 atom stereocenters. The largest absolute Gasteiger partial charge is 0.508 e. The number of β-lactam (4-membered cyclic amide) rings is 1. The van der Waals surface area contributed by atoms with Crippen LogP contribution in [0.1, 0.15) is 28.3 Å². The van der Waals surface area contributed by atoms with Crippen molar-refractivity contribution in [3.05, 3.63) is 64.2 Å². The van der Waals surface area contributed by atoms with Crippen molar-refractivity contribution in [2.24, 2.45) is 0 Å². The van der Waals surface area contributed by atoms with Crippen molar-refractivity contribution in [2.45, 2.75) is 52.5 Å². The number of nitrogens with zero attached hydrogens (tertiary/aromatic N) is 1. The van der Waals surface area contributed by atoms with E-state index in [1.165, 1.54) is 0 Å². The van der Waals surface area contributed by atoms with Gasteiger partial charge in [-0.3, -0.25) is 9.69 Å². The van der Waals surface area contributed by atoms with Gasteiger partial charge in [-0.15, -0.1) is 0 Å². The molecule has 0 aromatic heterocycles. The highest BCUT2D eigenvalue weighted by atomic mass is 28.3. The molecule has 1 saturated heterocycles. The van der Waals surface area contributed by atoms with Gasteiger partial charge in [0, 0.05) is 25.4 Å². The first kappa shape index (κ1) is 21.2. The van der Waals surface area contributed by atoms with Crippen LogP contribution in [0.15, 0.2) is 42.0 Å². The standard InChI is InChI=1S/C24H31NO3Si/c1-15-8-9-18(13-21(15)26)23-20(10-11-29(5,6)7)24(27)25(23)19-12-16(2)17(3)22(14-19)28-4/h8-10,12-14,23,26H,11H2,1-7H3/t23-/m0/s1. The van der Waals surface area contributed by atoms with Crippen LogP contribution in [0.4, 0.5) is 5.69 Å². The molecule has 154 valence electrons. The molecule has 5 heteroatoms. The van der Waals surface area contributed by atoms with E-state index in [0.29, 0.717) is 0 Å². The highest BCUT2D eigenvalue weighted by Crippen LogP contribution is 2.46. The molecule has 1 heterocycles. The smallest absolute Gasteiger partial charge is 0.257 e. The number of methoxy groups -OCH3 is 1. The maximum atomic E-state index is 13.2. The van der Waals surface area contributed by atoms with Crippen molar-refractivity contribution in [3.8, 4) is 11.5 Å². The number of benzene rings is 2. The summed E-state index contributed by atoms with van der Waals surface area (Å²) in [6.45, 7) is 12.8. The van der Waals surface area contributed by atoms with Crippen LogP contribution in [0.25, 0.3) is 0 Å². The fourth-order valence-electron chi connectivity index (χ4n) is 3.61. The molecule has 3 rings (SSSR count). The number of hydrogen-bond acceptors (Lipinski definition) is 3. The van der Waals surface area contributed by atoms with Crippen LogP contribution >= 0.6 is 0 Å². The minimum absolute atomic E-state index is 0.0265. The second kappa shape index (κ2) is 7.71. The van der Waals surface area contributed by atoms with E-state index in [2.05, 4.69) is 25.7 Å². The van der Waals surface area contributed by atoms with E-state index in [1.807, 2.05) is 49.9 Å². The van der Waals surface area contributed by atoms with Gasteiger partial charge in [0.1, 0.15) is 11.5 Å². The molecular formula is C24H31NO3Si. The topological polar surface area (TPSA) is 49.8 Å². The number of phenols is 1. The first-order chi connectivity index (χ1) is 13.5. The van der Waals surface area contributed by atoms with Crippen molar-refractivity contribution in [3.63, 3.8) is 0 Å². The molecule has 0 radical (unpaired) electrons. The molecule has 2 aromatic rings. The number of allylic oxidation sites excluding steroid dienone is 1. The molecule has 0 spiro atoms. The maximum absolute atomic E-state index is 13.2. The molecule has 1 aliphatic heterocycles. The molecule has 0 saturated carbocycles. The van der Waals surface area contributed by atoms with Gasteiger partial charge in [0.25, 0.3) is 5.91 Å². The van der Waals surface area contributed by atoms with Gasteiger partial charge < -0.3 is 9.84 Å². The maximum Gasteiger partial charge on any atom is 0.257 e. The van der Waals surface area contributed by atoms with E-state index in [0.717, 1.165) is 45.3 Å². The third-order valence-electron chi connectivity index (χ3n) is 5.60. The lowest BCUT2D eigenvalue weighted by molar-refractivity contribution is -0.119. The monoisotopic (exact) mass is 409 g/mol. The second-order valence-electron chi connectivity index (χ2n) is 9.14. The Morgan fingerprint density at radius 2 is 1.79 bits per heavy atom. The Bertz CT molecular complexity index is 988. The number of anilines is 1. The molecule has 0 unspecified atom stereocenters. The number of hydrogen-bond donors (Lipinski definition) is 1.